The van der Waals surface area contributed by atoms with Gasteiger partial charge >= 0.3 is 0 Å². The summed E-state index contributed by atoms with van der Waals surface area (Å²) < 4.78 is 14.8. The van der Waals surface area contributed by atoms with Crippen LogP contribution in [0.25, 0.3) is 16.3 Å². The van der Waals surface area contributed by atoms with Crippen LogP contribution in [0.4, 0.5) is 10.2 Å². The smallest absolute Gasteiger partial charge is 0.268 e. The maximum atomic E-state index is 13.3. The van der Waals surface area contributed by atoms with Crippen molar-refractivity contribution in [3.8, 4) is 16.3 Å². The van der Waals surface area contributed by atoms with Crippen LogP contribution in [0.1, 0.15) is 39.6 Å². The third kappa shape index (κ3) is 4.60. The van der Waals surface area contributed by atoms with E-state index in [4.69, 9.17) is 0 Å². The molecule has 174 valence electrons. The zero-order valence-corrected chi connectivity index (χ0v) is 19.9. The van der Waals surface area contributed by atoms with Crippen molar-refractivity contribution in [3.05, 3.63) is 82.7 Å². The van der Waals surface area contributed by atoms with Crippen LogP contribution in [0.15, 0.2) is 60.8 Å². The zero-order chi connectivity index (χ0) is 24.2. The first-order valence-corrected chi connectivity index (χ1v) is 11.7. The standard InChI is InChI=1S/C25H24FN5O2S/c1-4-30(5-2)25(33)20-15-27-31(19-9-7-6-8-10-19)22(20)29-23(32)21-16(3)28-24(34-21)17-11-13-18(26)14-12-17/h6-15H,4-5H2,1-3H3,(H,29,32). The predicted molar refractivity (Wildman–Crippen MR) is 131 cm³/mol. The van der Waals surface area contributed by atoms with Gasteiger partial charge in [0.05, 0.1) is 17.6 Å². The monoisotopic (exact) mass is 477 g/mol. The molecule has 0 radical (unpaired) electrons. The minimum atomic E-state index is -0.394. The number of amides is 2. The number of hydrogen-bond donors (Lipinski definition) is 1. The highest BCUT2D eigenvalue weighted by molar-refractivity contribution is 7.17. The van der Waals surface area contributed by atoms with Crippen LogP contribution >= 0.6 is 11.3 Å². The van der Waals surface area contributed by atoms with Crippen molar-refractivity contribution in [2.75, 3.05) is 18.4 Å². The van der Waals surface area contributed by atoms with Crippen molar-refractivity contribution in [2.45, 2.75) is 20.8 Å². The van der Waals surface area contributed by atoms with Gasteiger partial charge in [0.15, 0.2) is 0 Å². The lowest BCUT2D eigenvalue weighted by Crippen LogP contribution is -2.31. The Balaban J connectivity index is 1.71. The number of nitrogens with zero attached hydrogens (tertiary/aromatic N) is 4. The molecule has 0 fully saturated rings. The quantitative estimate of drug-likeness (QED) is 0.398. The Bertz CT molecular complexity index is 1310. The molecule has 0 atom stereocenters. The lowest BCUT2D eigenvalue weighted by molar-refractivity contribution is 0.0774. The molecular weight excluding hydrogens is 453 g/mol. The molecule has 2 aromatic heterocycles. The van der Waals surface area contributed by atoms with Crippen molar-refractivity contribution in [2.24, 2.45) is 0 Å². The summed E-state index contributed by atoms with van der Waals surface area (Å²) in [5.41, 5.74) is 2.29. The first-order chi connectivity index (χ1) is 16.4. The summed E-state index contributed by atoms with van der Waals surface area (Å²) in [6.45, 7) is 6.62. The largest absolute Gasteiger partial charge is 0.339 e. The van der Waals surface area contributed by atoms with Gasteiger partial charge in [-0.05, 0) is 57.2 Å². The molecule has 0 spiro atoms. The third-order valence-electron chi connectivity index (χ3n) is 5.38. The van der Waals surface area contributed by atoms with Gasteiger partial charge in [0, 0.05) is 18.7 Å². The summed E-state index contributed by atoms with van der Waals surface area (Å²) in [5.74, 6) is -0.649. The lowest BCUT2D eigenvalue weighted by Gasteiger charge is -2.19. The minimum absolute atomic E-state index is 0.212. The fourth-order valence-electron chi connectivity index (χ4n) is 3.56. The van der Waals surface area contributed by atoms with Gasteiger partial charge in [0.25, 0.3) is 11.8 Å². The van der Waals surface area contributed by atoms with Crippen molar-refractivity contribution in [1.29, 1.82) is 0 Å². The van der Waals surface area contributed by atoms with Gasteiger partial charge in [-0.15, -0.1) is 11.3 Å². The normalized spacial score (nSPS) is 10.8. The molecule has 9 heteroatoms. The van der Waals surface area contributed by atoms with E-state index in [1.165, 1.54) is 29.7 Å². The first kappa shape index (κ1) is 23.3. The Hall–Kier alpha value is -3.85. The molecule has 2 amide bonds. The average Bonchev–Trinajstić information content (AvgIpc) is 3.44. The Kier molecular flexibility index (Phi) is 6.83. The third-order valence-corrected chi connectivity index (χ3v) is 6.58. The minimum Gasteiger partial charge on any atom is -0.339 e. The topological polar surface area (TPSA) is 80.1 Å². The van der Waals surface area contributed by atoms with Crippen molar-refractivity contribution in [3.63, 3.8) is 0 Å². The summed E-state index contributed by atoms with van der Waals surface area (Å²) in [7, 11) is 0. The van der Waals surface area contributed by atoms with Gasteiger partial charge in [-0.2, -0.15) is 5.10 Å². The highest BCUT2D eigenvalue weighted by Gasteiger charge is 2.25. The second kappa shape index (κ2) is 9.96. The molecular formula is C25H24FN5O2S. The number of para-hydroxylation sites is 1. The number of anilines is 1. The number of hydrogen-bond acceptors (Lipinski definition) is 5. The van der Waals surface area contributed by atoms with Crippen molar-refractivity contribution < 1.29 is 14.0 Å². The second-order valence-corrected chi connectivity index (χ2v) is 8.53. The van der Waals surface area contributed by atoms with Crippen molar-refractivity contribution in [1.82, 2.24) is 19.7 Å². The molecule has 0 aliphatic heterocycles. The van der Waals surface area contributed by atoms with Gasteiger partial charge in [0.2, 0.25) is 0 Å². The lowest BCUT2D eigenvalue weighted by atomic mass is 10.2. The van der Waals surface area contributed by atoms with Crippen molar-refractivity contribution >= 4 is 29.0 Å². The molecule has 0 unspecified atom stereocenters. The highest BCUT2D eigenvalue weighted by atomic mass is 32.1. The molecule has 2 aromatic carbocycles. The van der Waals surface area contributed by atoms with E-state index in [0.717, 1.165) is 5.56 Å². The van der Waals surface area contributed by atoms with Gasteiger partial charge in [0.1, 0.15) is 27.1 Å². The first-order valence-electron chi connectivity index (χ1n) is 10.9. The number of nitrogens with one attached hydrogen (secondary N) is 1. The molecule has 7 nitrogen and oxygen atoms in total. The van der Waals surface area contributed by atoms with Crippen LogP contribution in [-0.2, 0) is 0 Å². The summed E-state index contributed by atoms with van der Waals surface area (Å²) in [5, 5.41) is 7.90. The van der Waals surface area contributed by atoms with Crippen LogP contribution in [-0.4, -0.2) is 44.6 Å². The second-order valence-electron chi connectivity index (χ2n) is 7.53. The number of aryl methyl sites for hydroxylation is 1. The molecule has 1 N–H and O–H groups in total. The Morgan fingerprint density at radius 3 is 2.38 bits per heavy atom. The van der Waals surface area contributed by atoms with Crippen LogP contribution in [0, 0.1) is 12.7 Å². The van der Waals surface area contributed by atoms with Gasteiger partial charge in [-0.25, -0.2) is 14.1 Å². The van der Waals surface area contributed by atoms with Crippen LogP contribution < -0.4 is 5.32 Å². The van der Waals surface area contributed by atoms with E-state index in [2.05, 4.69) is 15.4 Å². The van der Waals surface area contributed by atoms with Crippen LogP contribution in [0.3, 0.4) is 0 Å². The molecule has 4 rings (SSSR count). The van der Waals surface area contributed by atoms with Crippen LogP contribution in [0.2, 0.25) is 0 Å². The van der Waals surface area contributed by atoms with E-state index in [0.29, 0.717) is 45.7 Å². The Labute approximate surface area is 200 Å². The fraction of sp³-hybridized carbons (Fsp3) is 0.200. The Morgan fingerprint density at radius 1 is 1.06 bits per heavy atom. The maximum Gasteiger partial charge on any atom is 0.268 e. The van der Waals surface area contributed by atoms with E-state index >= 15 is 0 Å². The van der Waals surface area contributed by atoms with Gasteiger partial charge in [-0.1, -0.05) is 18.2 Å². The number of halogens is 1. The number of carbonyl (C=O) groups is 2. The van der Waals surface area contributed by atoms with E-state index in [1.807, 2.05) is 44.2 Å². The number of rotatable bonds is 7. The predicted octanol–water partition coefficient (Wildman–Crippen LogP) is 5.18. The number of carbonyl (C=O) groups excluding carboxylic acids is 2. The number of benzene rings is 2. The van der Waals surface area contributed by atoms with E-state index in [1.54, 1.807) is 28.6 Å². The number of aromatic nitrogens is 3. The fourth-order valence-corrected chi connectivity index (χ4v) is 4.53. The van der Waals surface area contributed by atoms with E-state index in [-0.39, 0.29) is 11.7 Å². The molecule has 0 aliphatic rings. The van der Waals surface area contributed by atoms with Crippen LogP contribution in [0.5, 0.6) is 0 Å². The molecule has 0 saturated carbocycles. The SMILES string of the molecule is CCN(CC)C(=O)c1cnn(-c2ccccc2)c1NC(=O)c1sc(-c2ccc(F)cc2)nc1C. The maximum absolute atomic E-state index is 13.3. The van der Waals surface area contributed by atoms with E-state index in [9.17, 15) is 14.0 Å². The zero-order valence-electron chi connectivity index (χ0n) is 19.1. The molecule has 2 heterocycles. The average molecular weight is 478 g/mol. The number of thiazole rings is 1. The molecule has 0 aliphatic carbocycles. The highest BCUT2D eigenvalue weighted by Crippen LogP contribution is 2.30. The molecule has 4 aromatic rings. The van der Waals surface area contributed by atoms with E-state index < -0.39 is 5.91 Å². The van der Waals surface area contributed by atoms with Gasteiger partial charge < -0.3 is 10.2 Å². The summed E-state index contributed by atoms with van der Waals surface area (Å²) in [4.78, 5) is 33.1. The summed E-state index contributed by atoms with van der Waals surface area (Å²) in [6, 6.07) is 15.3. The Morgan fingerprint density at radius 2 is 1.74 bits per heavy atom. The molecule has 0 bridgehead atoms. The summed E-state index contributed by atoms with van der Waals surface area (Å²) >= 11 is 1.21. The summed E-state index contributed by atoms with van der Waals surface area (Å²) in [6.07, 6.45) is 1.48. The van der Waals surface area contributed by atoms with Gasteiger partial charge in [-0.3, -0.25) is 9.59 Å². The molecule has 34 heavy (non-hydrogen) atoms. The molecule has 0 saturated heterocycles.